The number of benzene rings is 4. The third kappa shape index (κ3) is 8.85. The molecule has 0 aromatic heterocycles. The monoisotopic (exact) mass is 800 g/mol. The molecule has 280 valence electrons. The van der Waals surface area contributed by atoms with Crippen LogP contribution in [0.5, 0.6) is 46.0 Å². The van der Waals surface area contributed by atoms with Crippen LogP contribution < -0.4 is 58.6 Å². The van der Waals surface area contributed by atoms with Crippen molar-refractivity contribution in [2.45, 2.75) is 48.4 Å². The lowest BCUT2D eigenvalue weighted by atomic mass is 10.3. The molecule has 0 aliphatic carbocycles. The van der Waals surface area contributed by atoms with Crippen molar-refractivity contribution in [3.05, 3.63) is 72.8 Å². The number of hydrogen-bond donors (Lipinski definition) is 0. The van der Waals surface area contributed by atoms with E-state index >= 15 is 0 Å². The topological polar surface area (TPSA) is 73.8 Å². The lowest BCUT2D eigenvalue weighted by molar-refractivity contribution is 0.357. The van der Waals surface area contributed by atoms with Crippen molar-refractivity contribution in [1.29, 1.82) is 0 Å². The van der Waals surface area contributed by atoms with Crippen LogP contribution in [0.4, 0.5) is 0 Å². The predicted octanol–water partition coefficient (Wildman–Crippen LogP) is 5.01. The molecule has 8 radical (unpaired) electrons. The summed E-state index contributed by atoms with van der Waals surface area (Å²) >= 11 is 0. The number of methoxy groups -OCH3 is 8. The average molecular weight is 801 g/mol. The maximum absolute atomic E-state index is 6.03. The van der Waals surface area contributed by atoms with E-state index in [1.165, 1.54) is 20.7 Å². The molecule has 4 atom stereocenters. The van der Waals surface area contributed by atoms with E-state index < -0.39 is 8.07 Å². The van der Waals surface area contributed by atoms with Gasteiger partial charge in [0.25, 0.3) is 0 Å². The highest BCUT2D eigenvalue weighted by atomic mass is 28.4. The molecule has 0 saturated carbocycles. The van der Waals surface area contributed by atoms with Crippen molar-refractivity contribution >= 4 is 66.9 Å². The van der Waals surface area contributed by atoms with Gasteiger partial charge in [0.1, 0.15) is 0 Å². The molecule has 8 nitrogen and oxygen atoms in total. The van der Waals surface area contributed by atoms with Crippen molar-refractivity contribution in [1.82, 2.24) is 0 Å². The molecule has 0 heterocycles. The zero-order valence-corrected chi connectivity index (χ0v) is 38.0. The third-order valence-electron chi connectivity index (χ3n) is 10.1. The molecule has 0 aliphatic rings. The Morgan fingerprint density at radius 1 is 0.340 bits per heavy atom. The fraction of sp³-hybridized carbons (Fsp3) is 0.400. The molecule has 0 saturated heterocycles. The van der Waals surface area contributed by atoms with Crippen LogP contribution in [0.3, 0.4) is 0 Å². The van der Waals surface area contributed by atoms with E-state index in [2.05, 4.69) is 76.2 Å². The maximum atomic E-state index is 6.03. The second kappa shape index (κ2) is 19.6. The van der Waals surface area contributed by atoms with Crippen LogP contribution in [0, 0.1) is 0 Å². The first-order valence-electron chi connectivity index (χ1n) is 17.5. The quantitative estimate of drug-likeness (QED) is 0.116. The van der Waals surface area contributed by atoms with Crippen LogP contribution in [0.15, 0.2) is 72.8 Å². The third-order valence-corrected chi connectivity index (χ3v) is 28.4. The van der Waals surface area contributed by atoms with Crippen LogP contribution >= 0.6 is 0 Å². The van der Waals surface area contributed by atoms with Crippen LogP contribution in [-0.2, 0) is 0 Å². The molecule has 0 aliphatic heterocycles. The molecule has 4 rings (SSSR count). The standard InChI is InChI=1S/C40H52O8Si5/c1-25(49-33-21-13-17-29(41-5)37(33)45-9)53(26(2)50-34-22-14-18-30(42-6)38(34)46-10,27(3)51-35-23-15-19-31(43-7)39(35)47-11)28(4)52-36-24-16-20-32(44-8)40(36)48-12/h13-28H,1-12H3. The molecule has 0 spiro atoms. The Kier molecular flexibility index (Phi) is 15.6. The summed E-state index contributed by atoms with van der Waals surface area (Å²) in [6.07, 6.45) is 0. The Morgan fingerprint density at radius 3 is 0.717 bits per heavy atom. The first-order valence-corrected chi connectivity index (χ1v) is 24.1. The highest BCUT2D eigenvalue weighted by Gasteiger charge is 2.52. The second-order valence-electron chi connectivity index (χ2n) is 12.6. The first kappa shape index (κ1) is 42.1. The molecule has 53 heavy (non-hydrogen) atoms. The summed E-state index contributed by atoms with van der Waals surface area (Å²) in [6, 6.07) is 25.0. The van der Waals surface area contributed by atoms with Crippen LogP contribution in [0.25, 0.3) is 0 Å². The Morgan fingerprint density at radius 2 is 0.547 bits per heavy atom. The first-order chi connectivity index (χ1) is 25.6. The van der Waals surface area contributed by atoms with Crippen LogP contribution in [0.1, 0.15) is 27.7 Å². The highest BCUT2D eigenvalue weighted by molar-refractivity contribution is 7.07. The molecule has 0 bridgehead atoms. The number of rotatable bonds is 20. The van der Waals surface area contributed by atoms with Gasteiger partial charge in [-0.25, -0.2) is 0 Å². The van der Waals surface area contributed by atoms with Gasteiger partial charge in [-0.3, -0.25) is 0 Å². The minimum Gasteiger partial charge on any atom is -0.493 e. The van der Waals surface area contributed by atoms with E-state index in [0.717, 1.165) is 46.0 Å². The van der Waals surface area contributed by atoms with Crippen LogP contribution in [-0.4, -0.2) is 103 Å². The Bertz CT molecular complexity index is 1530. The highest BCUT2D eigenvalue weighted by Crippen LogP contribution is 2.49. The van der Waals surface area contributed by atoms with Crippen molar-refractivity contribution in [3.8, 4) is 46.0 Å². The van der Waals surface area contributed by atoms with Gasteiger partial charge < -0.3 is 37.9 Å². The summed E-state index contributed by atoms with van der Waals surface area (Å²) in [4.78, 5) is 0. The zero-order valence-electron chi connectivity index (χ0n) is 33.0. The van der Waals surface area contributed by atoms with Crippen LogP contribution in [0.2, 0.25) is 20.7 Å². The molecular formula is C40H52O8Si5. The summed E-state index contributed by atoms with van der Waals surface area (Å²) in [6.45, 7) is 9.95. The molecular weight excluding hydrogens is 749 g/mol. The molecule has 0 N–H and O–H groups in total. The van der Waals surface area contributed by atoms with Gasteiger partial charge in [-0.05, 0) is 45.0 Å². The van der Waals surface area contributed by atoms with Gasteiger partial charge in [0.2, 0.25) is 0 Å². The molecule has 0 fully saturated rings. The molecule has 13 heteroatoms. The summed E-state index contributed by atoms with van der Waals surface area (Å²) in [5.41, 5.74) is 0. The van der Waals surface area contributed by atoms with Gasteiger partial charge in [0.05, 0.1) is 103 Å². The SMILES string of the molecule is COc1cccc([Si]C(C)[Si](C(C)[Si]c2cccc(OC)c2OC)(C(C)[Si]c2cccc(OC)c2OC)C(C)[Si]c2cccc(OC)c2OC)c1OC. The summed E-state index contributed by atoms with van der Waals surface area (Å²) in [7, 11) is 13.1. The average Bonchev–Trinajstić information content (AvgIpc) is 3.17. The van der Waals surface area contributed by atoms with E-state index in [0.29, 0.717) is 58.7 Å². The van der Waals surface area contributed by atoms with E-state index in [4.69, 9.17) is 37.9 Å². The zero-order chi connectivity index (χ0) is 38.7. The summed E-state index contributed by atoms with van der Waals surface area (Å²) in [5, 5.41) is 6.04. The Balaban J connectivity index is 1.99. The number of para-hydroxylation sites is 4. The van der Waals surface area contributed by atoms with Gasteiger partial charge in [-0.15, -0.1) is 0 Å². The smallest absolute Gasteiger partial charge is 0.160 e. The Hall–Kier alpha value is -3.64. The number of ether oxygens (including phenoxy) is 8. The van der Waals surface area contributed by atoms with Gasteiger partial charge in [0.15, 0.2) is 46.0 Å². The van der Waals surface area contributed by atoms with Crippen molar-refractivity contribution in [2.75, 3.05) is 56.9 Å². The second-order valence-corrected chi connectivity index (χ2v) is 27.2. The van der Waals surface area contributed by atoms with Crippen molar-refractivity contribution in [2.24, 2.45) is 0 Å². The lowest BCUT2D eigenvalue weighted by Crippen LogP contribution is -2.60. The van der Waals surface area contributed by atoms with E-state index in [-0.39, 0.29) is 0 Å². The predicted molar refractivity (Wildman–Crippen MR) is 223 cm³/mol. The normalized spacial score (nSPS) is 14.6. The number of hydrogen-bond acceptors (Lipinski definition) is 8. The fourth-order valence-corrected chi connectivity index (χ4v) is 34.1. The van der Waals surface area contributed by atoms with Crippen molar-refractivity contribution in [3.63, 3.8) is 0 Å². The molecule has 0 amide bonds. The minimum absolute atomic E-state index is 0.334. The van der Waals surface area contributed by atoms with Gasteiger partial charge in [-0.1, -0.05) is 96.9 Å². The summed E-state index contributed by atoms with van der Waals surface area (Å²) < 4.78 is 47.2. The minimum atomic E-state index is -2.53. The van der Waals surface area contributed by atoms with E-state index in [1.54, 1.807) is 56.9 Å². The lowest BCUT2D eigenvalue weighted by Gasteiger charge is -2.51. The van der Waals surface area contributed by atoms with Gasteiger partial charge >= 0.3 is 0 Å². The summed E-state index contributed by atoms with van der Waals surface area (Å²) in [5.74, 6) is 6.23. The molecule has 4 aromatic carbocycles. The molecule has 4 unspecified atom stereocenters. The Labute approximate surface area is 327 Å². The fourth-order valence-electron chi connectivity index (χ4n) is 7.69. The van der Waals surface area contributed by atoms with E-state index in [1.807, 2.05) is 24.3 Å². The largest absolute Gasteiger partial charge is 0.493 e. The maximum Gasteiger partial charge on any atom is 0.160 e. The van der Waals surface area contributed by atoms with Gasteiger partial charge in [-0.2, -0.15) is 0 Å². The van der Waals surface area contributed by atoms with Gasteiger partial charge in [0, 0.05) is 0 Å². The van der Waals surface area contributed by atoms with E-state index in [9.17, 15) is 0 Å². The van der Waals surface area contributed by atoms with Crippen molar-refractivity contribution < 1.29 is 37.9 Å². The molecule has 4 aromatic rings.